The van der Waals surface area contributed by atoms with Crippen molar-refractivity contribution in [3.05, 3.63) is 75.1 Å². The van der Waals surface area contributed by atoms with E-state index in [1.165, 1.54) is 4.90 Å². The zero-order valence-electron chi connectivity index (χ0n) is 20.9. The van der Waals surface area contributed by atoms with E-state index in [4.69, 9.17) is 11.6 Å². The fourth-order valence-electron chi connectivity index (χ4n) is 4.53. The molecule has 0 spiro atoms. The minimum atomic E-state index is -0.394. The number of nitrogens with one attached hydrogen (secondary N) is 2. The van der Waals surface area contributed by atoms with E-state index < -0.39 is 5.91 Å². The second-order valence-electron chi connectivity index (χ2n) is 8.99. The number of halogens is 1. The van der Waals surface area contributed by atoms with Crippen LogP contribution in [-0.2, 0) is 0 Å². The second-order valence-corrected chi connectivity index (χ2v) is 10.7. The Labute approximate surface area is 225 Å². The number of benzene rings is 1. The molecule has 1 unspecified atom stereocenters. The molecule has 1 aromatic carbocycles. The van der Waals surface area contributed by atoms with Crippen LogP contribution in [0, 0.1) is 0 Å². The molecule has 0 radical (unpaired) electrons. The van der Waals surface area contributed by atoms with Crippen molar-refractivity contribution < 1.29 is 14.4 Å². The molecule has 2 aliphatic heterocycles. The van der Waals surface area contributed by atoms with Crippen molar-refractivity contribution in [2.75, 3.05) is 31.5 Å². The van der Waals surface area contributed by atoms with Gasteiger partial charge in [-0.3, -0.25) is 19.3 Å². The van der Waals surface area contributed by atoms with Gasteiger partial charge >= 0.3 is 0 Å². The molecule has 0 bridgehead atoms. The third-order valence-electron chi connectivity index (χ3n) is 6.19. The Balaban J connectivity index is 1.43. The van der Waals surface area contributed by atoms with Crippen LogP contribution >= 0.6 is 22.9 Å². The molecule has 4 rings (SSSR count). The van der Waals surface area contributed by atoms with Gasteiger partial charge in [-0.25, -0.2) is 4.99 Å². The minimum absolute atomic E-state index is 0.0288. The van der Waals surface area contributed by atoms with E-state index in [9.17, 15) is 14.4 Å². The highest BCUT2D eigenvalue weighted by atomic mass is 35.5. The maximum Gasteiger partial charge on any atom is 0.265 e. The molecular weight excluding hydrogens is 510 g/mol. The largest absolute Gasteiger partial charge is 0.355 e. The van der Waals surface area contributed by atoms with Crippen LogP contribution < -0.4 is 10.6 Å². The summed E-state index contributed by atoms with van der Waals surface area (Å²) in [6, 6.07) is 8.17. The number of carbonyl (C=O) groups excluding carboxylic acids is 3. The van der Waals surface area contributed by atoms with Gasteiger partial charge in [-0.2, -0.15) is 0 Å². The maximum absolute atomic E-state index is 13.4. The normalized spacial score (nSPS) is 18.7. The molecule has 37 heavy (non-hydrogen) atoms. The van der Waals surface area contributed by atoms with Crippen LogP contribution in [0.2, 0.25) is 4.34 Å². The van der Waals surface area contributed by atoms with Gasteiger partial charge in [0, 0.05) is 37.9 Å². The van der Waals surface area contributed by atoms with Crippen LogP contribution in [0.4, 0.5) is 5.69 Å². The second kappa shape index (κ2) is 11.9. The third kappa shape index (κ3) is 6.18. The molecule has 0 aliphatic carbocycles. The molecule has 1 aromatic heterocycles. The summed E-state index contributed by atoms with van der Waals surface area (Å²) in [6.07, 6.45) is 5.61. The highest BCUT2D eigenvalue weighted by Crippen LogP contribution is 2.31. The predicted octanol–water partition coefficient (Wildman–Crippen LogP) is 4.81. The van der Waals surface area contributed by atoms with Crippen molar-refractivity contribution >= 4 is 52.2 Å². The summed E-state index contributed by atoms with van der Waals surface area (Å²) in [5.74, 6) is -0.225. The molecule has 1 fully saturated rings. The number of imide groups is 1. The lowest BCUT2D eigenvalue weighted by Gasteiger charge is -2.31. The molecule has 2 aromatic rings. The van der Waals surface area contributed by atoms with Gasteiger partial charge in [0.05, 0.1) is 26.0 Å². The van der Waals surface area contributed by atoms with Gasteiger partial charge in [-0.05, 0) is 57.0 Å². The number of nitrogens with zero attached hydrogens (tertiary/aromatic N) is 3. The Morgan fingerprint density at radius 1 is 1.27 bits per heavy atom. The number of carbonyl (C=O) groups is 3. The van der Waals surface area contributed by atoms with E-state index in [0.29, 0.717) is 27.0 Å². The average Bonchev–Trinajstić information content (AvgIpc) is 3.37. The van der Waals surface area contributed by atoms with E-state index in [-0.39, 0.29) is 30.0 Å². The van der Waals surface area contributed by atoms with Crippen LogP contribution in [0.5, 0.6) is 0 Å². The molecule has 1 saturated heterocycles. The zero-order valence-corrected chi connectivity index (χ0v) is 22.5. The number of fused-ring (bicyclic) bond motifs is 1. The van der Waals surface area contributed by atoms with Crippen LogP contribution in [-0.4, -0.2) is 65.6 Å². The number of hydrogen-bond acceptors (Lipinski definition) is 6. The van der Waals surface area contributed by atoms with Crippen molar-refractivity contribution in [1.29, 1.82) is 0 Å². The number of anilines is 1. The Bertz CT molecular complexity index is 1270. The van der Waals surface area contributed by atoms with Crippen molar-refractivity contribution in [2.45, 2.75) is 32.7 Å². The molecule has 2 N–H and O–H groups in total. The zero-order chi connectivity index (χ0) is 26.5. The van der Waals surface area contributed by atoms with Gasteiger partial charge < -0.3 is 15.5 Å². The lowest BCUT2D eigenvalue weighted by Crippen LogP contribution is -2.48. The van der Waals surface area contributed by atoms with E-state index >= 15 is 0 Å². The van der Waals surface area contributed by atoms with Crippen LogP contribution in [0.15, 0.2) is 59.8 Å². The van der Waals surface area contributed by atoms with Gasteiger partial charge in [0.15, 0.2) is 0 Å². The highest BCUT2D eigenvalue weighted by Gasteiger charge is 2.39. The van der Waals surface area contributed by atoms with Gasteiger partial charge in [0.25, 0.3) is 17.7 Å². The highest BCUT2D eigenvalue weighted by molar-refractivity contribution is 7.18. The summed E-state index contributed by atoms with van der Waals surface area (Å²) >= 11 is 7.09. The molecule has 3 amide bonds. The molecule has 1 atom stereocenters. The molecule has 8 nitrogen and oxygen atoms in total. The Hall–Kier alpha value is -3.27. The number of rotatable bonds is 6. The quantitative estimate of drug-likeness (QED) is 0.312. The van der Waals surface area contributed by atoms with Crippen molar-refractivity contribution in [2.24, 2.45) is 4.99 Å². The summed E-state index contributed by atoms with van der Waals surface area (Å²) in [6.45, 7) is 10.2. The number of hydrogen-bond donors (Lipinski definition) is 2. The first-order valence-electron chi connectivity index (χ1n) is 12.2. The summed E-state index contributed by atoms with van der Waals surface area (Å²) in [5, 5.41) is 6.27. The van der Waals surface area contributed by atoms with E-state index in [2.05, 4.69) is 27.1 Å². The first kappa shape index (κ1) is 26.8. The first-order valence-corrected chi connectivity index (χ1v) is 13.4. The molecular formula is C27H30ClN5O3S. The van der Waals surface area contributed by atoms with Gasteiger partial charge in [0.2, 0.25) is 0 Å². The number of thiophene rings is 1. The number of allylic oxidation sites excluding steroid dienone is 2. The molecule has 0 saturated carbocycles. The fourth-order valence-corrected chi connectivity index (χ4v) is 5.47. The summed E-state index contributed by atoms with van der Waals surface area (Å²) < 4.78 is 0.497. The lowest BCUT2D eigenvalue weighted by atomic mass is 10.1. The van der Waals surface area contributed by atoms with Gasteiger partial charge in [-0.15, -0.1) is 11.3 Å². The smallest absolute Gasteiger partial charge is 0.265 e. The lowest BCUT2D eigenvalue weighted by molar-refractivity contribution is 0.0634. The fraction of sp³-hybridized carbons (Fsp3) is 0.333. The van der Waals surface area contributed by atoms with Gasteiger partial charge in [-0.1, -0.05) is 30.3 Å². The standard InChI is InChI=1S/C27H30ClN5O3S/c1-4-7-23(30-17(2)3)32-14-6-8-18(29-13-15-32)16-33-26(35)19-9-5-10-20(24(19)27(33)36)31-25(34)21-11-12-22(28)37-21/h4-5,7,9-12,18,29H,2,6,8,13-16H2,1,3H3,(H,31,34)/b7-4-,30-23?. The number of amides is 3. The van der Waals surface area contributed by atoms with Gasteiger partial charge in [0.1, 0.15) is 5.84 Å². The Kier molecular flexibility index (Phi) is 8.58. The number of amidine groups is 1. The van der Waals surface area contributed by atoms with E-state index in [1.807, 2.05) is 26.0 Å². The van der Waals surface area contributed by atoms with Crippen LogP contribution in [0.1, 0.15) is 57.1 Å². The molecule has 194 valence electrons. The summed E-state index contributed by atoms with van der Waals surface area (Å²) in [5.41, 5.74) is 1.60. The van der Waals surface area contributed by atoms with Crippen LogP contribution in [0.25, 0.3) is 0 Å². The maximum atomic E-state index is 13.4. The minimum Gasteiger partial charge on any atom is -0.355 e. The Morgan fingerprint density at radius 3 is 2.78 bits per heavy atom. The summed E-state index contributed by atoms with van der Waals surface area (Å²) in [4.78, 5) is 47.7. The van der Waals surface area contributed by atoms with Crippen molar-refractivity contribution in [3.8, 4) is 0 Å². The van der Waals surface area contributed by atoms with Crippen molar-refractivity contribution in [1.82, 2.24) is 15.1 Å². The Morgan fingerprint density at radius 2 is 2.08 bits per heavy atom. The van der Waals surface area contributed by atoms with E-state index in [0.717, 1.165) is 48.8 Å². The SMILES string of the molecule is C=C(C)N=C(/C=C\C)N1CCCC(CN2C(=O)c3cccc(NC(=O)c4ccc(Cl)s4)c3C2=O)NCC1. The predicted molar refractivity (Wildman–Crippen MR) is 149 cm³/mol. The molecule has 2 aliphatic rings. The monoisotopic (exact) mass is 539 g/mol. The summed E-state index contributed by atoms with van der Waals surface area (Å²) in [7, 11) is 0. The molecule has 3 heterocycles. The van der Waals surface area contributed by atoms with Crippen molar-refractivity contribution in [3.63, 3.8) is 0 Å². The topological polar surface area (TPSA) is 94.1 Å². The third-order valence-corrected chi connectivity index (χ3v) is 7.42. The van der Waals surface area contributed by atoms with Crippen LogP contribution in [0.3, 0.4) is 0 Å². The molecule has 10 heteroatoms. The average molecular weight is 540 g/mol. The first-order chi connectivity index (χ1) is 17.8. The number of aliphatic imine (C=N–C) groups is 1. The van der Waals surface area contributed by atoms with E-state index in [1.54, 1.807) is 30.3 Å².